The lowest BCUT2D eigenvalue weighted by Gasteiger charge is -2.25. The number of esters is 2. The number of hydrogen-bond acceptors (Lipinski definition) is 4. The standard InChI is InChI=1S/C18H32O4/c1-4-15(12-11-14-9-7-8-10-14)16(18(20)22-6-3)13-17(19)21-5-2/h14-16H,4-13H2,1-3H3. The van der Waals surface area contributed by atoms with E-state index in [-0.39, 0.29) is 30.2 Å². The fraction of sp³-hybridized carbons (Fsp3) is 0.889. The van der Waals surface area contributed by atoms with Gasteiger partial charge in [0.1, 0.15) is 0 Å². The van der Waals surface area contributed by atoms with Gasteiger partial charge in [-0.1, -0.05) is 45.4 Å². The number of ether oxygens (including phenoxy) is 2. The second kappa shape index (κ2) is 10.6. The maximum atomic E-state index is 12.2. The average Bonchev–Trinajstić information content (AvgIpc) is 3.00. The van der Waals surface area contributed by atoms with Crippen LogP contribution in [0.1, 0.15) is 72.1 Å². The first-order chi connectivity index (χ1) is 10.6. The number of hydrogen-bond donors (Lipinski definition) is 0. The van der Waals surface area contributed by atoms with Crippen molar-refractivity contribution in [1.82, 2.24) is 0 Å². The molecule has 1 aliphatic carbocycles. The molecule has 0 aliphatic heterocycles. The molecule has 0 spiro atoms. The van der Waals surface area contributed by atoms with Crippen LogP contribution in [0.5, 0.6) is 0 Å². The molecule has 2 atom stereocenters. The van der Waals surface area contributed by atoms with Crippen LogP contribution >= 0.6 is 0 Å². The van der Waals surface area contributed by atoms with E-state index in [9.17, 15) is 9.59 Å². The molecule has 22 heavy (non-hydrogen) atoms. The van der Waals surface area contributed by atoms with Crippen LogP contribution in [0.25, 0.3) is 0 Å². The van der Waals surface area contributed by atoms with Crippen molar-refractivity contribution in [1.29, 1.82) is 0 Å². The van der Waals surface area contributed by atoms with E-state index in [1.807, 2.05) is 0 Å². The number of carbonyl (C=O) groups excluding carboxylic acids is 2. The summed E-state index contributed by atoms with van der Waals surface area (Å²) in [6.45, 7) is 6.40. The van der Waals surface area contributed by atoms with E-state index >= 15 is 0 Å². The molecule has 0 amide bonds. The van der Waals surface area contributed by atoms with E-state index < -0.39 is 0 Å². The summed E-state index contributed by atoms with van der Waals surface area (Å²) in [5.74, 6) is 0.127. The van der Waals surface area contributed by atoms with Gasteiger partial charge in [-0.3, -0.25) is 9.59 Å². The molecule has 1 fully saturated rings. The van der Waals surface area contributed by atoms with Gasteiger partial charge >= 0.3 is 11.9 Å². The molecule has 0 aromatic rings. The molecule has 2 unspecified atom stereocenters. The van der Waals surface area contributed by atoms with Crippen molar-refractivity contribution in [2.24, 2.45) is 17.8 Å². The van der Waals surface area contributed by atoms with Crippen LogP contribution in [0.4, 0.5) is 0 Å². The van der Waals surface area contributed by atoms with Crippen molar-refractivity contribution >= 4 is 11.9 Å². The van der Waals surface area contributed by atoms with Gasteiger partial charge in [0.15, 0.2) is 0 Å². The van der Waals surface area contributed by atoms with E-state index in [1.54, 1.807) is 13.8 Å². The first-order valence-electron chi connectivity index (χ1n) is 8.94. The predicted molar refractivity (Wildman–Crippen MR) is 86.3 cm³/mol. The van der Waals surface area contributed by atoms with Gasteiger partial charge in [-0.15, -0.1) is 0 Å². The Morgan fingerprint density at radius 1 is 1.05 bits per heavy atom. The maximum Gasteiger partial charge on any atom is 0.309 e. The van der Waals surface area contributed by atoms with Crippen LogP contribution in [-0.2, 0) is 19.1 Å². The molecule has 0 aromatic heterocycles. The molecule has 0 radical (unpaired) electrons. The van der Waals surface area contributed by atoms with Crippen LogP contribution < -0.4 is 0 Å². The van der Waals surface area contributed by atoms with Crippen LogP contribution in [0.2, 0.25) is 0 Å². The molecular formula is C18H32O4. The fourth-order valence-corrected chi connectivity index (χ4v) is 3.53. The van der Waals surface area contributed by atoms with Crippen molar-refractivity contribution in [3.8, 4) is 0 Å². The van der Waals surface area contributed by atoms with Gasteiger partial charge in [0.25, 0.3) is 0 Å². The molecule has 1 saturated carbocycles. The van der Waals surface area contributed by atoms with Crippen LogP contribution in [-0.4, -0.2) is 25.2 Å². The lowest BCUT2D eigenvalue weighted by atomic mass is 9.82. The van der Waals surface area contributed by atoms with E-state index in [2.05, 4.69) is 6.92 Å². The highest BCUT2D eigenvalue weighted by Gasteiger charge is 2.31. The van der Waals surface area contributed by atoms with Gasteiger partial charge in [-0.25, -0.2) is 0 Å². The van der Waals surface area contributed by atoms with Crippen molar-refractivity contribution in [3.05, 3.63) is 0 Å². The summed E-state index contributed by atoms with van der Waals surface area (Å²) < 4.78 is 10.2. The molecule has 4 heteroatoms. The molecular weight excluding hydrogens is 280 g/mol. The van der Waals surface area contributed by atoms with Gasteiger partial charge in [-0.2, -0.15) is 0 Å². The highest BCUT2D eigenvalue weighted by molar-refractivity contribution is 5.80. The Labute approximate surface area is 134 Å². The lowest BCUT2D eigenvalue weighted by Crippen LogP contribution is -2.29. The van der Waals surface area contributed by atoms with Gasteiger partial charge < -0.3 is 9.47 Å². The Morgan fingerprint density at radius 2 is 1.68 bits per heavy atom. The minimum Gasteiger partial charge on any atom is -0.466 e. The topological polar surface area (TPSA) is 52.6 Å². The van der Waals surface area contributed by atoms with Crippen molar-refractivity contribution < 1.29 is 19.1 Å². The van der Waals surface area contributed by atoms with E-state index in [1.165, 1.54) is 25.7 Å². The summed E-state index contributed by atoms with van der Waals surface area (Å²) in [5.41, 5.74) is 0. The predicted octanol–water partition coefficient (Wildman–Crippen LogP) is 4.12. The zero-order chi connectivity index (χ0) is 16.4. The molecule has 0 N–H and O–H groups in total. The molecule has 1 aliphatic rings. The van der Waals surface area contributed by atoms with Crippen LogP contribution in [0.3, 0.4) is 0 Å². The molecule has 128 valence electrons. The van der Waals surface area contributed by atoms with Crippen molar-refractivity contribution in [2.45, 2.75) is 72.1 Å². The Kier molecular flexibility index (Phi) is 9.17. The summed E-state index contributed by atoms with van der Waals surface area (Å²) >= 11 is 0. The fourth-order valence-electron chi connectivity index (χ4n) is 3.53. The minimum absolute atomic E-state index is 0.149. The first-order valence-corrected chi connectivity index (χ1v) is 8.94. The number of carbonyl (C=O) groups is 2. The summed E-state index contributed by atoms with van der Waals surface area (Å²) in [7, 11) is 0. The number of rotatable bonds is 10. The third-order valence-corrected chi connectivity index (χ3v) is 4.80. The first kappa shape index (κ1) is 19.0. The molecule has 1 rings (SSSR count). The van der Waals surface area contributed by atoms with Crippen LogP contribution in [0.15, 0.2) is 0 Å². The third-order valence-electron chi connectivity index (χ3n) is 4.80. The molecule has 0 bridgehead atoms. The smallest absolute Gasteiger partial charge is 0.309 e. The van der Waals surface area contributed by atoms with Gasteiger partial charge in [-0.05, 0) is 32.1 Å². The Bertz CT molecular complexity index is 334. The summed E-state index contributed by atoms with van der Waals surface area (Å²) in [5, 5.41) is 0. The Balaban J connectivity index is 2.62. The second-order valence-electron chi connectivity index (χ2n) is 6.26. The highest BCUT2D eigenvalue weighted by atomic mass is 16.5. The molecule has 0 aromatic carbocycles. The van der Waals surface area contributed by atoms with Gasteiger partial charge in [0, 0.05) is 0 Å². The van der Waals surface area contributed by atoms with Gasteiger partial charge in [0.2, 0.25) is 0 Å². The summed E-state index contributed by atoms with van der Waals surface area (Å²) in [6.07, 6.45) is 8.53. The molecule has 0 saturated heterocycles. The lowest BCUT2D eigenvalue weighted by molar-refractivity contribution is -0.157. The van der Waals surface area contributed by atoms with Crippen molar-refractivity contribution in [2.75, 3.05) is 13.2 Å². The normalized spacial score (nSPS) is 18.0. The molecule has 4 nitrogen and oxygen atoms in total. The largest absolute Gasteiger partial charge is 0.466 e. The third kappa shape index (κ3) is 6.37. The Hall–Kier alpha value is -1.06. The zero-order valence-corrected chi connectivity index (χ0v) is 14.4. The minimum atomic E-state index is -0.356. The van der Waals surface area contributed by atoms with E-state index in [4.69, 9.17) is 9.47 Å². The van der Waals surface area contributed by atoms with E-state index in [0.29, 0.717) is 13.2 Å². The average molecular weight is 312 g/mol. The maximum absolute atomic E-state index is 12.2. The summed E-state index contributed by atoms with van der Waals surface area (Å²) in [4.78, 5) is 24.1. The SMILES string of the molecule is CCOC(=O)CC(C(=O)OCC)C(CC)CCC1CCCC1. The Morgan fingerprint density at radius 3 is 2.23 bits per heavy atom. The van der Waals surface area contributed by atoms with E-state index in [0.717, 1.165) is 25.2 Å². The quantitative estimate of drug-likeness (QED) is 0.569. The van der Waals surface area contributed by atoms with Crippen LogP contribution in [0, 0.1) is 17.8 Å². The van der Waals surface area contributed by atoms with Gasteiger partial charge in [0.05, 0.1) is 25.6 Å². The molecule has 0 heterocycles. The second-order valence-corrected chi connectivity index (χ2v) is 6.26. The van der Waals surface area contributed by atoms with Crippen molar-refractivity contribution in [3.63, 3.8) is 0 Å². The monoisotopic (exact) mass is 312 g/mol. The summed E-state index contributed by atoms with van der Waals surface area (Å²) in [6, 6.07) is 0. The zero-order valence-electron chi connectivity index (χ0n) is 14.4. The highest BCUT2D eigenvalue weighted by Crippen LogP contribution is 2.33.